The number of rotatable bonds is 8. The molecule has 26 heavy (non-hydrogen) atoms. The first-order valence-corrected chi connectivity index (χ1v) is 8.60. The van der Waals surface area contributed by atoms with Gasteiger partial charge in [-0.3, -0.25) is 0 Å². The first-order chi connectivity index (χ1) is 12.1. The Morgan fingerprint density at radius 2 is 2.04 bits per heavy atom. The van der Waals surface area contributed by atoms with Gasteiger partial charge in [-0.25, -0.2) is 4.99 Å². The van der Waals surface area contributed by atoms with Crippen LogP contribution in [-0.4, -0.2) is 36.3 Å². The third kappa shape index (κ3) is 6.81. The number of ether oxygens (including phenoxy) is 1. The molecule has 0 aliphatic heterocycles. The lowest BCUT2D eigenvalue weighted by Gasteiger charge is -2.11. The number of methoxy groups -OCH3 is 1. The number of benzene rings is 1. The molecule has 1 heterocycles. The average molecular weight is 473 g/mol. The van der Waals surface area contributed by atoms with Gasteiger partial charge in [0.25, 0.3) is 0 Å². The highest BCUT2D eigenvalue weighted by molar-refractivity contribution is 14.0. The number of halogens is 1. The summed E-state index contributed by atoms with van der Waals surface area (Å²) in [6.45, 7) is 8.11. The zero-order chi connectivity index (χ0) is 18.1. The zero-order valence-electron chi connectivity index (χ0n) is 15.8. The van der Waals surface area contributed by atoms with Crippen LogP contribution in [0.4, 0.5) is 0 Å². The van der Waals surface area contributed by atoms with Crippen molar-refractivity contribution in [3.63, 3.8) is 0 Å². The van der Waals surface area contributed by atoms with E-state index in [4.69, 9.17) is 9.26 Å². The molecule has 0 atom stereocenters. The summed E-state index contributed by atoms with van der Waals surface area (Å²) in [6.07, 6.45) is 0.652. The SMILES string of the molecule is CCNC(=NCc1ccccc1OC)NCCc1nc(C(C)C)no1.I. The fraction of sp³-hybridized carbons (Fsp3) is 0.500. The van der Waals surface area contributed by atoms with E-state index in [-0.39, 0.29) is 29.9 Å². The lowest BCUT2D eigenvalue weighted by Crippen LogP contribution is -2.38. The number of hydrogen-bond donors (Lipinski definition) is 2. The lowest BCUT2D eigenvalue weighted by molar-refractivity contribution is 0.371. The summed E-state index contributed by atoms with van der Waals surface area (Å²) in [5.41, 5.74) is 1.04. The van der Waals surface area contributed by atoms with Gasteiger partial charge in [-0.15, -0.1) is 24.0 Å². The van der Waals surface area contributed by atoms with Gasteiger partial charge in [0.05, 0.1) is 13.7 Å². The Morgan fingerprint density at radius 1 is 1.27 bits per heavy atom. The van der Waals surface area contributed by atoms with Gasteiger partial charge >= 0.3 is 0 Å². The van der Waals surface area contributed by atoms with E-state index in [1.807, 2.05) is 45.0 Å². The highest BCUT2D eigenvalue weighted by Gasteiger charge is 2.09. The smallest absolute Gasteiger partial charge is 0.228 e. The Hall–Kier alpha value is -1.84. The number of nitrogens with zero attached hydrogens (tertiary/aromatic N) is 3. The molecule has 8 heteroatoms. The molecule has 2 aromatic rings. The Bertz CT molecular complexity index is 688. The molecule has 0 saturated carbocycles. The number of nitrogens with one attached hydrogen (secondary N) is 2. The van der Waals surface area contributed by atoms with Gasteiger partial charge in [0.1, 0.15) is 5.75 Å². The number of aromatic nitrogens is 2. The molecule has 144 valence electrons. The first kappa shape index (κ1) is 22.2. The van der Waals surface area contributed by atoms with Gasteiger partial charge < -0.3 is 19.9 Å². The van der Waals surface area contributed by atoms with E-state index in [1.54, 1.807) is 7.11 Å². The van der Waals surface area contributed by atoms with Crippen molar-refractivity contribution in [1.29, 1.82) is 0 Å². The summed E-state index contributed by atoms with van der Waals surface area (Å²) in [5.74, 6) is 3.24. The predicted octanol–water partition coefficient (Wildman–Crippen LogP) is 3.12. The standard InChI is InChI=1S/C18H27N5O2.HI/c1-5-19-18(21-12-14-8-6-7-9-15(14)24-4)20-11-10-16-22-17(13(2)3)23-25-16;/h6-9,13H,5,10-12H2,1-4H3,(H2,19,20,21);1H. The van der Waals surface area contributed by atoms with E-state index in [9.17, 15) is 0 Å². The molecule has 0 saturated heterocycles. The van der Waals surface area contributed by atoms with Crippen LogP contribution >= 0.6 is 24.0 Å². The van der Waals surface area contributed by atoms with Crippen molar-refractivity contribution in [3.8, 4) is 5.75 Å². The van der Waals surface area contributed by atoms with E-state index in [1.165, 1.54) is 0 Å². The van der Waals surface area contributed by atoms with Gasteiger partial charge in [-0.05, 0) is 13.0 Å². The molecule has 0 bridgehead atoms. The normalized spacial score (nSPS) is 11.2. The van der Waals surface area contributed by atoms with E-state index in [0.29, 0.717) is 25.4 Å². The Labute approximate surface area is 172 Å². The molecule has 2 rings (SSSR count). The molecule has 0 aliphatic carbocycles. The van der Waals surface area contributed by atoms with Crippen molar-refractivity contribution in [1.82, 2.24) is 20.8 Å². The largest absolute Gasteiger partial charge is 0.496 e. The van der Waals surface area contributed by atoms with Crippen molar-refractivity contribution in [2.75, 3.05) is 20.2 Å². The van der Waals surface area contributed by atoms with E-state index >= 15 is 0 Å². The van der Waals surface area contributed by atoms with E-state index in [0.717, 1.165) is 29.6 Å². The third-order valence-electron chi connectivity index (χ3n) is 3.58. The van der Waals surface area contributed by atoms with Crippen LogP contribution in [0.5, 0.6) is 5.75 Å². The summed E-state index contributed by atoms with van der Waals surface area (Å²) in [4.78, 5) is 8.98. The first-order valence-electron chi connectivity index (χ1n) is 8.60. The minimum Gasteiger partial charge on any atom is -0.496 e. The molecule has 7 nitrogen and oxygen atoms in total. The van der Waals surface area contributed by atoms with Gasteiger partial charge in [0.15, 0.2) is 11.8 Å². The van der Waals surface area contributed by atoms with Crippen LogP contribution < -0.4 is 15.4 Å². The molecule has 1 aromatic carbocycles. The quantitative estimate of drug-likeness (QED) is 0.348. The van der Waals surface area contributed by atoms with Gasteiger partial charge in [-0.2, -0.15) is 4.98 Å². The summed E-state index contributed by atoms with van der Waals surface area (Å²) >= 11 is 0. The van der Waals surface area contributed by atoms with Crippen LogP contribution in [0.3, 0.4) is 0 Å². The number of aliphatic imine (C=N–C) groups is 1. The highest BCUT2D eigenvalue weighted by atomic mass is 127. The predicted molar refractivity (Wildman–Crippen MR) is 113 cm³/mol. The second-order valence-corrected chi connectivity index (χ2v) is 5.88. The fourth-order valence-electron chi connectivity index (χ4n) is 2.23. The number of hydrogen-bond acceptors (Lipinski definition) is 5. The molecule has 0 unspecified atom stereocenters. The molecule has 2 N–H and O–H groups in total. The summed E-state index contributed by atoms with van der Waals surface area (Å²) in [7, 11) is 1.67. The maximum Gasteiger partial charge on any atom is 0.228 e. The molecule has 1 aromatic heterocycles. The van der Waals surface area contributed by atoms with Crippen LogP contribution in [0.1, 0.15) is 44.0 Å². The van der Waals surface area contributed by atoms with Crippen LogP contribution in [0, 0.1) is 0 Å². The van der Waals surface area contributed by atoms with Crippen LogP contribution in [0.25, 0.3) is 0 Å². The summed E-state index contributed by atoms with van der Waals surface area (Å²) in [6, 6.07) is 7.88. The fourth-order valence-corrected chi connectivity index (χ4v) is 2.23. The molecular weight excluding hydrogens is 445 g/mol. The van der Waals surface area contributed by atoms with Gasteiger partial charge in [0, 0.05) is 31.0 Å². The maximum atomic E-state index is 5.36. The molecule has 0 amide bonds. The van der Waals surface area contributed by atoms with Crippen molar-refractivity contribution in [3.05, 3.63) is 41.5 Å². The third-order valence-corrected chi connectivity index (χ3v) is 3.58. The van der Waals surface area contributed by atoms with Crippen molar-refractivity contribution >= 4 is 29.9 Å². The molecule has 0 spiro atoms. The summed E-state index contributed by atoms with van der Waals surface area (Å²) < 4.78 is 10.6. The second kappa shape index (κ2) is 11.7. The van der Waals surface area contributed by atoms with Crippen molar-refractivity contribution < 1.29 is 9.26 Å². The summed E-state index contributed by atoms with van der Waals surface area (Å²) in [5, 5.41) is 10.5. The topological polar surface area (TPSA) is 84.6 Å². The average Bonchev–Trinajstić information content (AvgIpc) is 3.09. The van der Waals surface area contributed by atoms with Gasteiger partial charge in [-0.1, -0.05) is 37.2 Å². The van der Waals surface area contributed by atoms with Crippen molar-refractivity contribution in [2.45, 2.75) is 39.7 Å². The molecule has 0 radical (unpaired) electrons. The zero-order valence-corrected chi connectivity index (χ0v) is 18.1. The molecule has 0 aliphatic rings. The van der Waals surface area contributed by atoms with Crippen LogP contribution in [0.2, 0.25) is 0 Å². The molecular formula is C18H28IN5O2. The Balaban J connectivity index is 0.00000338. The Morgan fingerprint density at radius 3 is 2.69 bits per heavy atom. The van der Waals surface area contributed by atoms with Crippen molar-refractivity contribution in [2.24, 2.45) is 4.99 Å². The van der Waals surface area contributed by atoms with Crippen LogP contribution in [-0.2, 0) is 13.0 Å². The minimum absolute atomic E-state index is 0. The molecule has 0 fully saturated rings. The van der Waals surface area contributed by atoms with Crippen LogP contribution in [0.15, 0.2) is 33.8 Å². The second-order valence-electron chi connectivity index (χ2n) is 5.88. The van der Waals surface area contributed by atoms with Gasteiger partial charge in [0.2, 0.25) is 5.89 Å². The highest BCUT2D eigenvalue weighted by Crippen LogP contribution is 2.17. The lowest BCUT2D eigenvalue weighted by atomic mass is 10.2. The Kier molecular flexibility index (Phi) is 10.0. The maximum absolute atomic E-state index is 5.36. The van der Waals surface area contributed by atoms with E-state index in [2.05, 4.69) is 25.8 Å². The monoisotopic (exact) mass is 473 g/mol. The van der Waals surface area contributed by atoms with E-state index < -0.39 is 0 Å². The minimum atomic E-state index is 0. The number of guanidine groups is 1. The number of para-hydroxylation sites is 1.